The van der Waals surface area contributed by atoms with E-state index in [0.717, 1.165) is 11.0 Å². The molecule has 1 amide bonds. The number of amides is 1. The van der Waals surface area contributed by atoms with Crippen molar-refractivity contribution < 1.29 is 22.7 Å². The largest absolute Gasteiger partial charge is 0.415 e. The van der Waals surface area contributed by atoms with Gasteiger partial charge in [-0.15, -0.1) is 10.2 Å². The third kappa shape index (κ3) is 4.76. The van der Waals surface area contributed by atoms with Crippen molar-refractivity contribution in [2.45, 2.75) is 25.4 Å². The first-order valence-corrected chi connectivity index (χ1v) is 12.3. The highest BCUT2D eigenvalue weighted by molar-refractivity contribution is 5.76. The second-order valence-electron chi connectivity index (χ2n) is 9.08. The maximum atomic E-state index is 13.7. The summed E-state index contributed by atoms with van der Waals surface area (Å²) in [5, 5.41) is 6.96. The molecule has 12 heteroatoms. The Balaban J connectivity index is 1.23. The molecule has 39 heavy (non-hydrogen) atoms. The molecule has 0 radical (unpaired) electrons. The second kappa shape index (κ2) is 10.1. The lowest BCUT2D eigenvalue weighted by molar-refractivity contribution is 0.116. The average Bonchev–Trinajstić information content (AvgIpc) is 3.69. The number of benzene rings is 2. The minimum absolute atomic E-state index is 0.0605. The van der Waals surface area contributed by atoms with Gasteiger partial charge in [-0.25, -0.2) is 9.59 Å². The van der Waals surface area contributed by atoms with E-state index in [-0.39, 0.29) is 24.2 Å². The molecule has 1 saturated heterocycles. The molecule has 3 aromatic heterocycles. The number of hydrogen-bond acceptors (Lipinski definition) is 7. The average molecular weight is 533 g/mol. The van der Waals surface area contributed by atoms with E-state index in [9.17, 15) is 18.4 Å². The van der Waals surface area contributed by atoms with Crippen LogP contribution in [0.15, 0.2) is 82.1 Å². The zero-order valence-electron chi connectivity index (χ0n) is 20.5. The van der Waals surface area contributed by atoms with Crippen molar-refractivity contribution in [3.05, 3.63) is 95.0 Å². The minimum atomic E-state index is -2.86. The number of nitrogens with zero attached hydrogens (tertiary/aromatic N) is 6. The van der Waals surface area contributed by atoms with Crippen LogP contribution >= 0.6 is 0 Å². The standard InChI is InChI=1S/C27H22F2N6O4/c28-23(29)25-32-31-24(39-25)17-10-11-18(30-14-17)15-34-21-8-4-5-9-22(21)35(26(34)36)19-12-13-33(16-19)27(37)38-20-6-2-1-3-7-20/h1-11,14,19,23H,12-13,15-16H2. The summed E-state index contributed by atoms with van der Waals surface area (Å²) in [4.78, 5) is 32.3. The van der Waals surface area contributed by atoms with Crippen molar-refractivity contribution in [1.29, 1.82) is 0 Å². The van der Waals surface area contributed by atoms with E-state index >= 15 is 0 Å². The molecule has 5 aromatic rings. The fraction of sp³-hybridized carbons (Fsp3) is 0.222. The summed E-state index contributed by atoms with van der Waals surface area (Å²) in [6, 6.07) is 19.4. The molecule has 0 bridgehead atoms. The number of imidazole rings is 1. The van der Waals surface area contributed by atoms with Gasteiger partial charge in [0.15, 0.2) is 0 Å². The summed E-state index contributed by atoms with van der Waals surface area (Å²) >= 11 is 0. The Labute approximate surface area is 220 Å². The van der Waals surface area contributed by atoms with Gasteiger partial charge in [0.2, 0.25) is 5.89 Å². The number of fused-ring (bicyclic) bond motifs is 1. The van der Waals surface area contributed by atoms with Gasteiger partial charge in [0.1, 0.15) is 5.75 Å². The predicted molar refractivity (Wildman–Crippen MR) is 135 cm³/mol. The smallest absolute Gasteiger partial charge is 0.415 e. The van der Waals surface area contributed by atoms with E-state index in [1.807, 2.05) is 30.3 Å². The van der Waals surface area contributed by atoms with Crippen LogP contribution in [0.4, 0.5) is 13.6 Å². The summed E-state index contributed by atoms with van der Waals surface area (Å²) in [6.45, 7) is 0.997. The first-order chi connectivity index (χ1) is 19.0. The number of pyridine rings is 1. The first-order valence-electron chi connectivity index (χ1n) is 12.3. The van der Waals surface area contributed by atoms with Crippen molar-refractivity contribution in [2.24, 2.45) is 0 Å². The fourth-order valence-corrected chi connectivity index (χ4v) is 4.76. The molecular formula is C27H22F2N6O4. The van der Waals surface area contributed by atoms with Gasteiger partial charge in [-0.05, 0) is 42.8 Å². The van der Waals surface area contributed by atoms with Crippen LogP contribution in [0.2, 0.25) is 0 Å². The van der Waals surface area contributed by atoms with Crippen molar-refractivity contribution >= 4 is 17.1 Å². The van der Waals surface area contributed by atoms with Crippen molar-refractivity contribution in [3.63, 3.8) is 0 Å². The lowest BCUT2D eigenvalue weighted by atomic mass is 10.2. The number of aromatic nitrogens is 5. The molecular weight excluding hydrogens is 510 g/mol. The molecule has 1 aliphatic heterocycles. The molecule has 2 aromatic carbocycles. The van der Waals surface area contributed by atoms with Gasteiger partial charge < -0.3 is 14.1 Å². The number of ether oxygens (including phenoxy) is 1. The molecule has 0 saturated carbocycles. The first kappa shape index (κ1) is 24.5. The summed E-state index contributed by atoms with van der Waals surface area (Å²) in [5.41, 5.74) is 2.24. The SMILES string of the molecule is O=C(Oc1ccccc1)N1CCC(n2c(=O)n(Cc3ccc(-c4nnc(C(F)F)o4)cn3)c3ccccc32)C1. The Bertz CT molecular complexity index is 1680. The van der Waals surface area contributed by atoms with Gasteiger partial charge in [-0.1, -0.05) is 30.3 Å². The van der Waals surface area contributed by atoms with Crippen LogP contribution in [-0.2, 0) is 6.54 Å². The van der Waals surface area contributed by atoms with Crippen LogP contribution in [0.25, 0.3) is 22.5 Å². The Morgan fingerprint density at radius 1 is 1.03 bits per heavy atom. The lowest BCUT2D eigenvalue weighted by Crippen LogP contribution is -2.33. The van der Waals surface area contributed by atoms with E-state index in [4.69, 9.17) is 9.15 Å². The third-order valence-electron chi connectivity index (χ3n) is 6.62. The van der Waals surface area contributed by atoms with E-state index in [1.165, 1.54) is 6.20 Å². The number of carbonyl (C=O) groups is 1. The Morgan fingerprint density at radius 2 is 1.79 bits per heavy atom. The van der Waals surface area contributed by atoms with Crippen LogP contribution in [0.1, 0.15) is 30.5 Å². The quantitative estimate of drug-likeness (QED) is 0.312. The van der Waals surface area contributed by atoms with Gasteiger partial charge in [-0.3, -0.25) is 14.1 Å². The molecule has 0 aliphatic carbocycles. The summed E-state index contributed by atoms with van der Waals surface area (Å²) in [7, 11) is 0. The molecule has 1 aliphatic rings. The number of halogens is 2. The van der Waals surface area contributed by atoms with Crippen molar-refractivity contribution in [2.75, 3.05) is 13.1 Å². The van der Waals surface area contributed by atoms with Gasteiger partial charge in [0, 0.05) is 19.3 Å². The van der Waals surface area contributed by atoms with Crippen LogP contribution in [-0.4, -0.2) is 48.4 Å². The summed E-state index contributed by atoms with van der Waals surface area (Å²) < 4.78 is 39.3. The number of carbonyl (C=O) groups excluding carboxylic acids is 1. The van der Waals surface area contributed by atoms with Crippen LogP contribution < -0.4 is 10.4 Å². The van der Waals surface area contributed by atoms with E-state index in [2.05, 4.69) is 15.2 Å². The Hall–Kier alpha value is -4.87. The lowest BCUT2D eigenvalue weighted by Gasteiger charge is -2.16. The molecule has 1 atom stereocenters. The van der Waals surface area contributed by atoms with E-state index in [0.29, 0.717) is 36.5 Å². The minimum Gasteiger partial charge on any atom is -0.415 e. The van der Waals surface area contributed by atoms with Gasteiger partial charge >= 0.3 is 18.2 Å². The fourth-order valence-electron chi connectivity index (χ4n) is 4.76. The highest BCUT2D eigenvalue weighted by Crippen LogP contribution is 2.27. The Kier molecular flexibility index (Phi) is 6.35. The van der Waals surface area contributed by atoms with Gasteiger partial charge in [-0.2, -0.15) is 8.78 Å². The molecule has 4 heterocycles. The predicted octanol–water partition coefficient (Wildman–Crippen LogP) is 4.68. The summed E-state index contributed by atoms with van der Waals surface area (Å²) in [6.07, 6.45) is -1.26. The number of likely N-dealkylation sites (tertiary alicyclic amines) is 1. The molecule has 1 fully saturated rings. The van der Waals surface area contributed by atoms with E-state index < -0.39 is 18.4 Å². The topological polar surface area (TPSA) is 108 Å². The van der Waals surface area contributed by atoms with Crippen LogP contribution in [0.3, 0.4) is 0 Å². The molecule has 0 N–H and O–H groups in total. The van der Waals surface area contributed by atoms with Crippen LogP contribution in [0.5, 0.6) is 5.75 Å². The highest BCUT2D eigenvalue weighted by Gasteiger charge is 2.31. The number of rotatable bonds is 6. The number of para-hydroxylation sites is 3. The van der Waals surface area contributed by atoms with Crippen molar-refractivity contribution in [3.8, 4) is 17.2 Å². The number of hydrogen-bond donors (Lipinski definition) is 0. The van der Waals surface area contributed by atoms with E-state index in [1.54, 1.807) is 50.4 Å². The molecule has 0 spiro atoms. The third-order valence-corrected chi connectivity index (χ3v) is 6.62. The molecule has 198 valence electrons. The summed E-state index contributed by atoms with van der Waals surface area (Å²) in [5.74, 6) is -0.353. The molecule has 6 rings (SSSR count). The Morgan fingerprint density at radius 3 is 2.51 bits per heavy atom. The zero-order chi connectivity index (χ0) is 26.9. The second-order valence-corrected chi connectivity index (χ2v) is 9.08. The monoisotopic (exact) mass is 532 g/mol. The zero-order valence-corrected chi connectivity index (χ0v) is 20.5. The van der Waals surface area contributed by atoms with Gasteiger partial charge in [0.05, 0.1) is 34.9 Å². The molecule has 1 unspecified atom stereocenters. The maximum Gasteiger partial charge on any atom is 0.415 e. The normalized spacial score (nSPS) is 15.4. The highest BCUT2D eigenvalue weighted by atomic mass is 19.3. The number of alkyl halides is 2. The molecule has 10 nitrogen and oxygen atoms in total. The van der Waals surface area contributed by atoms with Crippen LogP contribution in [0, 0.1) is 0 Å². The van der Waals surface area contributed by atoms with Gasteiger partial charge in [0.25, 0.3) is 5.89 Å². The van der Waals surface area contributed by atoms with Crippen molar-refractivity contribution in [1.82, 2.24) is 29.2 Å². The maximum absolute atomic E-state index is 13.7.